The Hall–Kier alpha value is -0.780. The minimum atomic E-state index is -4.02. The van der Waals surface area contributed by atoms with Crippen molar-refractivity contribution in [1.29, 1.82) is 0 Å². The van der Waals surface area contributed by atoms with Crippen LogP contribution in [0.15, 0.2) is 29.2 Å². The first kappa shape index (κ1) is 17.2. The van der Waals surface area contributed by atoms with E-state index in [-0.39, 0.29) is 14.5 Å². The van der Waals surface area contributed by atoms with Crippen molar-refractivity contribution in [3.63, 3.8) is 0 Å². The summed E-state index contributed by atoms with van der Waals surface area (Å²) >= 11 is 2.05. The summed E-state index contributed by atoms with van der Waals surface area (Å²) in [7, 11) is 0.477. The topological polar surface area (TPSA) is 97.5 Å². The molecular weight excluding hydrogens is 375 g/mol. The Balaban J connectivity index is 0.000000360. The fourth-order valence-electron chi connectivity index (χ4n) is 0.607. The molecule has 7 nitrogen and oxygen atoms in total. The third-order valence-corrected chi connectivity index (χ3v) is 3.19. The molecule has 0 bridgehead atoms. The van der Waals surface area contributed by atoms with Crippen LogP contribution in [-0.4, -0.2) is 43.7 Å². The molecule has 0 aromatic heterocycles. The van der Waals surface area contributed by atoms with Crippen LogP contribution in [0.1, 0.15) is 0 Å². The third kappa shape index (κ3) is 6.83. The molecule has 18 heavy (non-hydrogen) atoms. The van der Waals surface area contributed by atoms with E-state index >= 15 is 0 Å². The van der Waals surface area contributed by atoms with E-state index in [0.29, 0.717) is 0 Å². The zero-order chi connectivity index (χ0) is 14.6. The van der Waals surface area contributed by atoms with E-state index in [2.05, 4.69) is 0 Å². The second-order valence-corrected chi connectivity index (χ2v) is 6.78. The van der Waals surface area contributed by atoms with Crippen LogP contribution in [0, 0.1) is 13.7 Å². The molecule has 1 aromatic carbocycles. The quantitative estimate of drug-likeness (QED) is 0.271. The van der Waals surface area contributed by atoms with Crippen LogP contribution >= 0.6 is 22.6 Å². The molecule has 0 aliphatic rings. The summed E-state index contributed by atoms with van der Waals surface area (Å²) in [6.07, 6.45) is 0. The van der Waals surface area contributed by atoms with Gasteiger partial charge in [-0.1, -0.05) is 4.59 Å². The van der Waals surface area contributed by atoms with Crippen LogP contribution in [0.3, 0.4) is 0 Å². The Morgan fingerprint density at radius 2 is 1.56 bits per heavy atom. The van der Waals surface area contributed by atoms with Gasteiger partial charge < -0.3 is 0 Å². The smallest absolute Gasteiger partial charge is 0.282 e. The molecule has 0 aliphatic heterocycles. The molecule has 0 unspecified atom stereocenters. The molecule has 0 radical (unpaired) electrons. The fourth-order valence-corrected chi connectivity index (χ4v) is 1.45. The maximum atomic E-state index is 10.5. The van der Waals surface area contributed by atoms with Gasteiger partial charge in [0.1, 0.15) is 21.1 Å². The maximum Gasteiger partial charge on any atom is 0.294 e. The average molecular weight is 389 g/mol. The number of rotatable bonds is 2. The Morgan fingerprint density at radius 3 is 1.78 bits per heavy atom. The van der Waals surface area contributed by atoms with Crippen molar-refractivity contribution >= 4 is 32.7 Å². The minimum Gasteiger partial charge on any atom is -0.282 e. The first-order chi connectivity index (χ1) is 7.94. The first-order valence-corrected chi connectivity index (χ1v) is 7.16. The third-order valence-electron chi connectivity index (χ3n) is 1.60. The number of hydrogen-bond donors (Lipinski definition) is 1. The molecule has 9 heteroatoms. The van der Waals surface area contributed by atoms with Gasteiger partial charge in [-0.25, -0.2) is 10.1 Å². The SMILES string of the molecule is C[N+](C)(C)[N+](=O)[O-].O=S(=O)(O)c1ccc(I)cc1. The molecule has 0 saturated carbocycles. The van der Waals surface area contributed by atoms with Crippen molar-refractivity contribution in [2.24, 2.45) is 0 Å². The first-order valence-electron chi connectivity index (χ1n) is 4.64. The number of halogens is 1. The summed E-state index contributed by atoms with van der Waals surface area (Å²) in [6, 6.07) is 5.95. The molecule has 0 aliphatic carbocycles. The molecule has 0 atom stereocenters. The van der Waals surface area contributed by atoms with Gasteiger partial charge in [0.25, 0.3) is 10.1 Å². The van der Waals surface area contributed by atoms with Gasteiger partial charge in [0, 0.05) is 3.57 Å². The van der Waals surface area contributed by atoms with Crippen LogP contribution in [0.4, 0.5) is 0 Å². The van der Waals surface area contributed by atoms with Crippen molar-refractivity contribution in [3.8, 4) is 0 Å². The normalized spacial score (nSPS) is 11.4. The number of nitro groups is 1. The number of nitrogens with zero attached hydrogens (tertiary/aromatic N) is 2. The van der Waals surface area contributed by atoms with Crippen molar-refractivity contribution < 1.29 is 22.6 Å². The summed E-state index contributed by atoms with van der Waals surface area (Å²) in [6.45, 7) is 0. The summed E-state index contributed by atoms with van der Waals surface area (Å²) in [5.41, 5.74) is 0. The molecular formula is C9H14IN2O5S+. The van der Waals surface area contributed by atoms with Gasteiger partial charge >= 0.3 is 0 Å². The van der Waals surface area contributed by atoms with Gasteiger partial charge in [-0.2, -0.15) is 8.42 Å². The zero-order valence-electron chi connectivity index (χ0n) is 10.1. The predicted molar refractivity (Wildman–Crippen MR) is 74.0 cm³/mol. The highest BCUT2D eigenvalue weighted by Crippen LogP contribution is 2.10. The van der Waals surface area contributed by atoms with Crippen LogP contribution < -0.4 is 0 Å². The lowest BCUT2D eigenvalue weighted by molar-refractivity contribution is -1.29. The van der Waals surface area contributed by atoms with E-state index in [1.807, 2.05) is 22.6 Å². The Labute approximate surface area is 119 Å². The lowest BCUT2D eigenvalue weighted by Crippen LogP contribution is -2.40. The summed E-state index contributed by atoms with van der Waals surface area (Å²) in [5.74, 6) is 0. The summed E-state index contributed by atoms with van der Waals surface area (Å²) in [4.78, 5) is 9.73. The van der Waals surface area contributed by atoms with Gasteiger partial charge in [0.2, 0.25) is 5.03 Å². The molecule has 1 rings (SSSR count). The van der Waals surface area contributed by atoms with Crippen LogP contribution in [0.2, 0.25) is 0 Å². The highest BCUT2D eigenvalue weighted by molar-refractivity contribution is 14.1. The predicted octanol–water partition coefficient (Wildman–Crippen LogP) is 1.42. The van der Waals surface area contributed by atoms with Crippen LogP contribution in [0.25, 0.3) is 0 Å². The van der Waals surface area contributed by atoms with E-state index < -0.39 is 10.1 Å². The van der Waals surface area contributed by atoms with Crippen LogP contribution in [-0.2, 0) is 10.1 Å². The molecule has 0 amide bonds. The van der Waals surface area contributed by atoms with Gasteiger partial charge in [-0.3, -0.25) is 4.55 Å². The molecule has 0 heterocycles. The molecule has 102 valence electrons. The van der Waals surface area contributed by atoms with E-state index in [0.717, 1.165) is 3.57 Å². The van der Waals surface area contributed by atoms with Gasteiger partial charge in [0.05, 0.1) is 4.90 Å². The molecule has 0 spiro atoms. The number of hydrogen-bond acceptors (Lipinski definition) is 4. The summed E-state index contributed by atoms with van der Waals surface area (Å²) in [5, 5.41) is 9.42. The van der Waals surface area contributed by atoms with E-state index in [1.54, 1.807) is 12.1 Å². The Kier molecular flexibility index (Phi) is 6.13. The van der Waals surface area contributed by atoms with Crippen molar-refractivity contribution in [1.82, 2.24) is 0 Å². The lowest BCUT2D eigenvalue weighted by Gasteiger charge is -2.08. The number of quaternary nitrogens is 1. The summed E-state index contributed by atoms with van der Waals surface area (Å²) < 4.78 is 30.2. The van der Waals surface area contributed by atoms with Crippen molar-refractivity contribution in [2.75, 3.05) is 21.1 Å². The largest absolute Gasteiger partial charge is 0.294 e. The highest BCUT2D eigenvalue weighted by atomic mass is 127. The monoisotopic (exact) mass is 389 g/mol. The average Bonchev–Trinajstić information content (AvgIpc) is 2.16. The van der Waals surface area contributed by atoms with E-state index in [4.69, 9.17) is 4.55 Å². The maximum absolute atomic E-state index is 10.5. The molecule has 1 aromatic rings. The number of benzene rings is 1. The zero-order valence-corrected chi connectivity index (χ0v) is 13.0. The Morgan fingerprint density at radius 1 is 1.22 bits per heavy atom. The highest BCUT2D eigenvalue weighted by Gasteiger charge is 2.18. The lowest BCUT2D eigenvalue weighted by atomic mass is 10.4. The van der Waals surface area contributed by atoms with Gasteiger partial charge in [0.15, 0.2) is 0 Å². The van der Waals surface area contributed by atoms with Crippen LogP contribution in [0.5, 0.6) is 0 Å². The van der Waals surface area contributed by atoms with Crippen molar-refractivity contribution in [2.45, 2.75) is 4.90 Å². The van der Waals surface area contributed by atoms with E-state index in [9.17, 15) is 18.5 Å². The standard InChI is InChI=1S/C6H5IO3S.C3H9N2O2/c7-5-1-3-6(4-2-5)11(8,9)10;1-5(2,3)4(6)7/h1-4H,(H,8,9,10);1-3H3/q;+1. The van der Waals surface area contributed by atoms with E-state index in [1.165, 1.54) is 33.3 Å². The second kappa shape index (κ2) is 6.41. The van der Waals surface area contributed by atoms with Crippen molar-refractivity contribution in [3.05, 3.63) is 37.9 Å². The van der Waals surface area contributed by atoms with Gasteiger partial charge in [-0.15, -0.1) is 0 Å². The second-order valence-electron chi connectivity index (χ2n) is 4.11. The minimum absolute atomic E-state index is 0.0714. The molecule has 0 saturated heterocycles. The molecule has 1 N–H and O–H groups in total. The van der Waals surface area contributed by atoms with Gasteiger partial charge in [-0.05, 0) is 46.9 Å². The fraction of sp³-hybridized carbons (Fsp3) is 0.333. The molecule has 0 fully saturated rings. The Bertz CT molecular complexity index is 507.